The van der Waals surface area contributed by atoms with Crippen LogP contribution in [0.5, 0.6) is 5.88 Å². The molecule has 0 spiro atoms. The van der Waals surface area contributed by atoms with Gasteiger partial charge in [0.15, 0.2) is 5.82 Å². The minimum Gasteiger partial charge on any atom is -0.477 e. The molecule has 0 aliphatic carbocycles. The Labute approximate surface area is 215 Å². The second-order valence-corrected chi connectivity index (χ2v) is 8.53. The summed E-state index contributed by atoms with van der Waals surface area (Å²) in [6.07, 6.45) is 3.55. The van der Waals surface area contributed by atoms with Crippen LogP contribution in [0.1, 0.15) is 28.5 Å². The van der Waals surface area contributed by atoms with E-state index >= 15 is 0 Å². The average Bonchev–Trinajstić information content (AvgIpc) is 3.53. The Bertz CT molecular complexity index is 1490. The lowest BCUT2D eigenvalue weighted by atomic mass is 10.1. The fraction of sp³-hybridized carbons (Fsp3) is 0.179. The molecule has 0 fully saturated rings. The van der Waals surface area contributed by atoms with E-state index in [2.05, 4.69) is 15.3 Å². The Morgan fingerprint density at radius 2 is 1.70 bits per heavy atom. The van der Waals surface area contributed by atoms with Crippen molar-refractivity contribution in [2.45, 2.75) is 20.4 Å². The van der Waals surface area contributed by atoms with Crippen LogP contribution in [0.15, 0.2) is 85.2 Å². The number of amides is 1. The van der Waals surface area contributed by atoms with Crippen LogP contribution in [0.25, 0.3) is 22.8 Å². The smallest absolute Gasteiger partial charge is 0.257 e. The summed E-state index contributed by atoms with van der Waals surface area (Å²) in [5.41, 5.74) is 4.89. The maximum Gasteiger partial charge on any atom is 0.257 e. The number of benzene rings is 2. The van der Waals surface area contributed by atoms with Gasteiger partial charge < -0.3 is 9.64 Å². The van der Waals surface area contributed by atoms with E-state index in [-0.39, 0.29) is 5.91 Å². The molecule has 3 heterocycles. The fourth-order valence-corrected chi connectivity index (χ4v) is 4.11. The lowest BCUT2D eigenvalue weighted by Crippen LogP contribution is -2.26. The van der Waals surface area contributed by atoms with Gasteiger partial charge in [0.05, 0.1) is 35.4 Å². The lowest BCUT2D eigenvalue weighted by molar-refractivity contribution is 0.0784. The average molecular weight is 494 g/mol. The summed E-state index contributed by atoms with van der Waals surface area (Å²) in [5.74, 6) is 0.810. The number of para-hydroxylation sites is 1. The van der Waals surface area contributed by atoms with Crippen LogP contribution < -0.4 is 4.74 Å². The number of hydrogen-bond donors (Lipinski definition) is 0. The van der Waals surface area contributed by atoms with Crippen molar-refractivity contribution in [1.82, 2.24) is 34.7 Å². The normalized spacial score (nSPS) is 10.9. The number of aromatic nitrogens is 6. The minimum absolute atomic E-state index is 0.144. The Hall–Kier alpha value is -4.79. The molecular weight excluding hydrogens is 466 g/mol. The SMILES string of the molecule is CCOc1ccc(-n2ncc(C(=O)N(C)Cc3cn(-c4ccccc4)nc3-c3ccccc3)c2C)nn1. The Morgan fingerprint density at radius 1 is 0.973 bits per heavy atom. The zero-order chi connectivity index (χ0) is 25.8. The van der Waals surface area contributed by atoms with Crippen molar-refractivity contribution in [3.8, 4) is 28.6 Å². The van der Waals surface area contributed by atoms with Gasteiger partial charge in [0.2, 0.25) is 5.88 Å². The summed E-state index contributed by atoms with van der Waals surface area (Å²) in [7, 11) is 1.78. The highest BCUT2D eigenvalue weighted by atomic mass is 16.5. The van der Waals surface area contributed by atoms with Crippen LogP contribution in [0.3, 0.4) is 0 Å². The molecule has 3 aromatic heterocycles. The number of ether oxygens (including phenoxy) is 1. The molecule has 5 aromatic rings. The third-order valence-electron chi connectivity index (χ3n) is 5.99. The zero-order valence-corrected chi connectivity index (χ0v) is 20.9. The second-order valence-electron chi connectivity index (χ2n) is 8.53. The highest BCUT2D eigenvalue weighted by molar-refractivity contribution is 5.95. The van der Waals surface area contributed by atoms with Gasteiger partial charge in [-0.1, -0.05) is 48.5 Å². The van der Waals surface area contributed by atoms with Crippen LogP contribution >= 0.6 is 0 Å². The van der Waals surface area contributed by atoms with Gasteiger partial charge >= 0.3 is 0 Å². The molecule has 5 rings (SSSR count). The molecule has 0 N–H and O–H groups in total. The van der Waals surface area contributed by atoms with Crippen LogP contribution in [0.4, 0.5) is 0 Å². The van der Waals surface area contributed by atoms with Gasteiger partial charge in [-0.25, -0.2) is 9.36 Å². The first-order valence-corrected chi connectivity index (χ1v) is 12.0. The summed E-state index contributed by atoms with van der Waals surface area (Å²) < 4.78 is 8.81. The molecule has 1 amide bonds. The van der Waals surface area contributed by atoms with Crippen molar-refractivity contribution >= 4 is 5.91 Å². The molecule has 186 valence electrons. The number of carbonyl (C=O) groups excluding carboxylic acids is 1. The summed E-state index contributed by atoms with van der Waals surface area (Å²) in [6.45, 7) is 4.62. The van der Waals surface area contributed by atoms with E-state index in [9.17, 15) is 4.79 Å². The van der Waals surface area contributed by atoms with Crippen molar-refractivity contribution in [3.63, 3.8) is 0 Å². The first kappa shape index (κ1) is 23.9. The van der Waals surface area contributed by atoms with E-state index in [1.54, 1.807) is 35.0 Å². The van der Waals surface area contributed by atoms with E-state index in [0.29, 0.717) is 36.1 Å². The summed E-state index contributed by atoms with van der Waals surface area (Å²) >= 11 is 0. The van der Waals surface area contributed by atoms with Gasteiger partial charge in [0.25, 0.3) is 5.91 Å². The Morgan fingerprint density at radius 3 is 2.38 bits per heavy atom. The van der Waals surface area contributed by atoms with E-state index in [4.69, 9.17) is 9.84 Å². The second kappa shape index (κ2) is 10.4. The molecule has 0 radical (unpaired) electrons. The quantitative estimate of drug-likeness (QED) is 0.316. The lowest BCUT2D eigenvalue weighted by Gasteiger charge is -2.17. The van der Waals surface area contributed by atoms with Crippen molar-refractivity contribution < 1.29 is 9.53 Å². The number of nitrogens with zero attached hydrogens (tertiary/aromatic N) is 7. The van der Waals surface area contributed by atoms with Gasteiger partial charge in [-0.3, -0.25) is 4.79 Å². The van der Waals surface area contributed by atoms with Gasteiger partial charge in [0, 0.05) is 37.0 Å². The number of rotatable bonds is 8. The maximum absolute atomic E-state index is 13.5. The highest BCUT2D eigenvalue weighted by Gasteiger charge is 2.22. The van der Waals surface area contributed by atoms with Crippen LogP contribution in [-0.4, -0.2) is 54.2 Å². The van der Waals surface area contributed by atoms with E-state index < -0.39 is 0 Å². The van der Waals surface area contributed by atoms with Crippen molar-refractivity contribution in [2.24, 2.45) is 0 Å². The van der Waals surface area contributed by atoms with Crippen LogP contribution in [0, 0.1) is 6.92 Å². The third-order valence-corrected chi connectivity index (χ3v) is 5.99. The van der Waals surface area contributed by atoms with Crippen molar-refractivity contribution in [2.75, 3.05) is 13.7 Å². The molecule has 0 bridgehead atoms. The molecule has 0 saturated carbocycles. The molecule has 9 heteroatoms. The first-order chi connectivity index (χ1) is 18.0. The molecule has 0 atom stereocenters. The van der Waals surface area contributed by atoms with E-state index in [1.807, 2.05) is 85.4 Å². The van der Waals surface area contributed by atoms with E-state index in [0.717, 1.165) is 22.5 Å². The number of carbonyl (C=O) groups is 1. The standard InChI is InChI=1S/C28H27N7O2/c1-4-37-26-16-15-25(30-31-26)35-20(2)24(17-29-35)28(36)33(3)18-22-19-34(23-13-9-6-10-14-23)32-27(22)21-11-7-5-8-12-21/h5-17,19H,4,18H2,1-3H3. The fourth-order valence-electron chi connectivity index (χ4n) is 4.11. The first-order valence-electron chi connectivity index (χ1n) is 12.0. The monoisotopic (exact) mass is 493 g/mol. The topological polar surface area (TPSA) is 91.0 Å². The molecule has 9 nitrogen and oxygen atoms in total. The van der Waals surface area contributed by atoms with Gasteiger partial charge in [-0.05, 0) is 32.0 Å². The minimum atomic E-state index is -0.144. The van der Waals surface area contributed by atoms with Crippen molar-refractivity contribution in [1.29, 1.82) is 0 Å². The van der Waals surface area contributed by atoms with Crippen LogP contribution in [0.2, 0.25) is 0 Å². The Kier molecular flexibility index (Phi) is 6.76. The third kappa shape index (κ3) is 4.97. The summed E-state index contributed by atoms with van der Waals surface area (Å²) in [5, 5.41) is 17.5. The Balaban J connectivity index is 1.41. The highest BCUT2D eigenvalue weighted by Crippen LogP contribution is 2.25. The van der Waals surface area contributed by atoms with Crippen molar-refractivity contribution in [3.05, 3.63) is 102 Å². The van der Waals surface area contributed by atoms with Gasteiger partial charge in [0.1, 0.15) is 0 Å². The molecule has 37 heavy (non-hydrogen) atoms. The van der Waals surface area contributed by atoms with Gasteiger partial charge in [-0.2, -0.15) is 10.2 Å². The molecule has 0 aliphatic heterocycles. The predicted molar refractivity (Wildman–Crippen MR) is 140 cm³/mol. The zero-order valence-electron chi connectivity index (χ0n) is 20.9. The van der Waals surface area contributed by atoms with E-state index in [1.165, 1.54) is 0 Å². The molecule has 0 unspecified atom stereocenters. The molecule has 0 saturated heterocycles. The maximum atomic E-state index is 13.5. The molecular formula is C28H27N7O2. The summed E-state index contributed by atoms with van der Waals surface area (Å²) in [6, 6.07) is 23.4. The molecule has 0 aliphatic rings. The summed E-state index contributed by atoms with van der Waals surface area (Å²) in [4.78, 5) is 15.1. The molecule has 2 aromatic carbocycles. The van der Waals surface area contributed by atoms with Crippen LogP contribution in [-0.2, 0) is 6.54 Å². The van der Waals surface area contributed by atoms with Gasteiger partial charge in [-0.15, -0.1) is 10.2 Å². The predicted octanol–water partition coefficient (Wildman–Crippen LogP) is 4.49. The number of hydrogen-bond acceptors (Lipinski definition) is 6. The largest absolute Gasteiger partial charge is 0.477 e.